The van der Waals surface area contributed by atoms with E-state index < -0.39 is 11.9 Å². The summed E-state index contributed by atoms with van der Waals surface area (Å²) in [5.41, 5.74) is 0.110. The Kier molecular flexibility index (Phi) is 7.11. The highest BCUT2D eigenvalue weighted by Crippen LogP contribution is 2.45. The van der Waals surface area contributed by atoms with Gasteiger partial charge in [0.15, 0.2) is 0 Å². The van der Waals surface area contributed by atoms with Crippen LogP contribution in [0.2, 0.25) is 0 Å². The van der Waals surface area contributed by atoms with E-state index in [1.54, 1.807) is 0 Å². The minimum Gasteiger partial charge on any atom is -0.481 e. The zero-order valence-electron chi connectivity index (χ0n) is 15.6. The van der Waals surface area contributed by atoms with Crippen LogP contribution in [0.5, 0.6) is 0 Å². The van der Waals surface area contributed by atoms with Gasteiger partial charge in [0.05, 0.1) is 12.8 Å². The average molecular weight is 314 g/mol. The van der Waals surface area contributed by atoms with Crippen molar-refractivity contribution in [2.75, 3.05) is 0 Å². The molecule has 0 bridgehead atoms. The molecule has 22 heavy (non-hydrogen) atoms. The predicted octanol–water partition coefficient (Wildman–Crippen LogP) is 4.66. The lowest BCUT2D eigenvalue weighted by Crippen LogP contribution is -2.40. The van der Waals surface area contributed by atoms with Gasteiger partial charge in [0.2, 0.25) is 0 Å². The number of esters is 1. The summed E-state index contributed by atoms with van der Waals surface area (Å²) in [5.74, 6) is -1.40. The summed E-state index contributed by atoms with van der Waals surface area (Å²) in [5, 5.41) is 8.65. The van der Waals surface area contributed by atoms with E-state index in [0.717, 1.165) is 12.8 Å². The smallest absolute Gasteiger partial charge is 0.306 e. The Bertz CT molecular complexity index is 369. The molecule has 0 saturated carbocycles. The van der Waals surface area contributed by atoms with E-state index in [9.17, 15) is 9.59 Å². The molecule has 0 amide bonds. The number of carbonyl (C=O) groups excluding carboxylic acids is 1. The van der Waals surface area contributed by atoms with E-state index in [4.69, 9.17) is 9.84 Å². The van der Waals surface area contributed by atoms with Crippen LogP contribution in [0.25, 0.3) is 0 Å². The lowest BCUT2D eigenvalue weighted by atomic mass is 9.65. The van der Waals surface area contributed by atoms with Crippen LogP contribution in [-0.4, -0.2) is 23.1 Å². The molecule has 0 rings (SSSR count). The number of aliphatic carboxylic acids is 1. The van der Waals surface area contributed by atoms with Crippen molar-refractivity contribution in [1.29, 1.82) is 0 Å². The molecule has 130 valence electrons. The molecule has 0 saturated heterocycles. The van der Waals surface area contributed by atoms with Crippen LogP contribution >= 0.6 is 0 Å². The third kappa shape index (κ3) is 9.06. The van der Waals surface area contributed by atoms with Gasteiger partial charge in [0, 0.05) is 5.41 Å². The molecule has 1 N–H and O–H groups in total. The molecule has 0 aromatic heterocycles. The second-order valence-electron chi connectivity index (χ2n) is 9.15. The molecule has 0 heterocycles. The minimum absolute atomic E-state index is 0.0687. The van der Waals surface area contributed by atoms with Crippen LogP contribution in [0.4, 0.5) is 0 Å². The first-order valence-electron chi connectivity index (χ1n) is 8.06. The molecule has 0 aromatic rings. The third-order valence-corrected chi connectivity index (χ3v) is 3.70. The van der Waals surface area contributed by atoms with E-state index in [1.165, 1.54) is 0 Å². The Balaban J connectivity index is 5.00. The Morgan fingerprint density at radius 3 is 1.64 bits per heavy atom. The van der Waals surface area contributed by atoms with E-state index in [0.29, 0.717) is 0 Å². The van der Waals surface area contributed by atoms with Crippen LogP contribution < -0.4 is 0 Å². The summed E-state index contributed by atoms with van der Waals surface area (Å²) in [6, 6.07) is 0. The summed E-state index contributed by atoms with van der Waals surface area (Å²) in [6.07, 6.45) is 1.38. The topological polar surface area (TPSA) is 63.6 Å². The van der Waals surface area contributed by atoms with Crippen LogP contribution in [0.1, 0.15) is 81.1 Å². The van der Waals surface area contributed by atoms with E-state index >= 15 is 0 Å². The quantitative estimate of drug-likeness (QED) is 0.694. The lowest BCUT2D eigenvalue weighted by molar-refractivity contribution is -0.159. The van der Waals surface area contributed by atoms with Gasteiger partial charge in [-0.15, -0.1) is 0 Å². The number of carbonyl (C=O) groups is 2. The van der Waals surface area contributed by atoms with Gasteiger partial charge in [0.25, 0.3) is 0 Å². The Hall–Kier alpha value is -1.06. The van der Waals surface area contributed by atoms with Gasteiger partial charge < -0.3 is 9.84 Å². The molecule has 4 heteroatoms. The maximum absolute atomic E-state index is 11.9. The highest BCUT2D eigenvalue weighted by atomic mass is 16.5. The fourth-order valence-corrected chi connectivity index (χ4v) is 3.38. The molecule has 0 fully saturated rings. The molecule has 1 unspecified atom stereocenters. The summed E-state index contributed by atoms with van der Waals surface area (Å²) < 4.78 is 5.56. The molecule has 0 radical (unpaired) electrons. The second-order valence-corrected chi connectivity index (χ2v) is 9.15. The molecule has 0 aliphatic heterocycles. The first-order valence-corrected chi connectivity index (χ1v) is 8.06. The summed E-state index contributed by atoms with van der Waals surface area (Å²) in [4.78, 5) is 22.4. The Morgan fingerprint density at radius 2 is 1.32 bits per heavy atom. The number of ether oxygens (including phenoxy) is 1. The fraction of sp³-hybridized carbons (Fsp3) is 0.889. The van der Waals surface area contributed by atoms with Crippen molar-refractivity contribution in [3.05, 3.63) is 0 Å². The Labute approximate surface area is 135 Å². The summed E-state index contributed by atoms with van der Waals surface area (Å²) in [6.45, 7) is 17.2. The molecular formula is C18H34O4. The van der Waals surface area contributed by atoms with Crippen LogP contribution in [-0.2, 0) is 14.3 Å². The van der Waals surface area contributed by atoms with E-state index in [2.05, 4.69) is 48.5 Å². The maximum atomic E-state index is 11.9. The van der Waals surface area contributed by atoms with Crippen molar-refractivity contribution in [3.63, 3.8) is 0 Å². The monoisotopic (exact) mass is 314 g/mol. The van der Waals surface area contributed by atoms with Crippen molar-refractivity contribution in [3.8, 4) is 0 Å². The molecule has 0 aliphatic rings. The van der Waals surface area contributed by atoms with Crippen molar-refractivity contribution >= 4 is 11.9 Å². The van der Waals surface area contributed by atoms with Crippen LogP contribution in [0.3, 0.4) is 0 Å². The fourth-order valence-electron chi connectivity index (χ4n) is 3.38. The van der Waals surface area contributed by atoms with Crippen molar-refractivity contribution < 1.29 is 19.4 Å². The summed E-state index contributed by atoms with van der Waals surface area (Å²) in [7, 11) is 0. The van der Waals surface area contributed by atoms with Crippen LogP contribution in [0, 0.1) is 16.2 Å². The van der Waals surface area contributed by atoms with Gasteiger partial charge in [-0.05, 0) is 30.6 Å². The molecule has 0 aromatic carbocycles. The zero-order valence-corrected chi connectivity index (χ0v) is 15.6. The number of rotatable bonds is 7. The molecule has 0 spiro atoms. The molecule has 0 aliphatic carbocycles. The van der Waals surface area contributed by atoms with Gasteiger partial charge in [0.1, 0.15) is 6.10 Å². The molecule has 4 nitrogen and oxygen atoms in total. The zero-order chi connectivity index (χ0) is 17.8. The highest BCUT2D eigenvalue weighted by Gasteiger charge is 2.40. The molecular weight excluding hydrogens is 280 g/mol. The number of hydrogen-bond donors (Lipinski definition) is 1. The molecule has 1 atom stereocenters. The number of carboxylic acids is 1. The van der Waals surface area contributed by atoms with E-state index in [1.807, 2.05) is 6.92 Å². The van der Waals surface area contributed by atoms with Crippen LogP contribution in [0.15, 0.2) is 0 Å². The van der Waals surface area contributed by atoms with Gasteiger partial charge in [-0.1, -0.05) is 48.5 Å². The largest absolute Gasteiger partial charge is 0.481 e. The first kappa shape index (κ1) is 20.9. The Morgan fingerprint density at radius 1 is 0.909 bits per heavy atom. The predicted molar refractivity (Wildman–Crippen MR) is 88.7 cm³/mol. The lowest BCUT2D eigenvalue weighted by Gasteiger charge is -2.43. The highest BCUT2D eigenvalue weighted by molar-refractivity contribution is 5.76. The SMILES string of the molecule is CC(OC(=O)CCC(=O)O)C(C)(CC(C)(C)C)CC(C)(C)C. The number of hydrogen-bond acceptors (Lipinski definition) is 3. The van der Waals surface area contributed by atoms with Crippen molar-refractivity contribution in [1.82, 2.24) is 0 Å². The third-order valence-electron chi connectivity index (χ3n) is 3.70. The van der Waals surface area contributed by atoms with Crippen molar-refractivity contribution in [2.24, 2.45) is 16.2 Å². The number of carboxylic acid groups (broad SMARTS) is 1. The average Bonchev–Trinajstić information content (AvgIpc) is 2.20. The second kappa shape index (κ2) is 7.47. The van der Waals surface area contributed by atoms with Gasteiger partial charge in [-0.25, -0.2) is 0 Å². The van der Waals surface area contributed by atoms with Gasteiger partial charge in [-0.3, -0.25) is 9.59 Å². The summed E-state index contributed by atoms with van der Waals surface area (Å²) >= 11 is 0. The normalized spacial score (nSPS) is 14.5. The first-order chi connectivity index (χ1) is 9.65. The van der Waals surface area contributed by atoms with Gasteiger partial charge in [-0.2, -0.15) is 0 Å². The van der Waals surface area contributed by atoms with Gasteiger partial charge >= 0.3 is 11.9 Å². The van der Waals surface area contributed by atoms with Crippen molar-refractivity contribution in [2.45, 2.75) is 87.2 Å². The standard InChI is InChI=1S/C18H34O4/c1-13(22-15(21)10-9-14(19)20)18(8,11-16(2,3)4)12-17(5,6)7/h13H,9-12H2,1-8H3,(H,19,20). The maximum Gasteiger partial charge on any atom is 0.306 e. The minimum atomic E-state index is -0.975. The van der Waals surface area contributed by atoms with E-state index in [-0.39, 0.29) is 35.2 Å².